The molecule has 0 atom stereocenters. The predicted octanol–water partition coefficient (Wildman–Crippen LogP) is 0.924. The van der Waals surface area contributed by atoms with E-state index < -0.39 is 0 Å². The Morgan fingerprint density at radius 2 is 2.06 bits per heavy atom. The Morgan fingerprint density at radius 3 is 2.56 bits per heavy atom. The van der Waals surface area contributed by atoms with Gasteiger partial charge in [0.15, 0.2) is 5.76 Å². The Labute approximate surface area is 106 Å². The van der Waals surface area contributed by atoms with E-state index in [1.54, 1.807) is 14.0 Å². The van der Waals surface area contributed by atoms with Gasteiger partial charge < -0.3 is 14.7 Å². The van der Waals surface area contributed by atoms with Crippen LogP contribution in [0.15, 0.2) is 4.52 Å². The fraction of sp³-hybridized carbons (Fsp3) is 0.583. The highest BCUT2D eigenvalue weighted by atomic mass is 16.5. The summed E-state index contributed by atoms with van der Waals surface area (Å²) in [6.07, 6.45) is 0. The third-order valence-electron chi connectivity index (χ3n) is 2.63. The quantitative estimate of drug-likeness (QED) is 0.866. The second kappa shape index (κ2) is 5.66. The van der Waals surface area contributed by atoms with Crippen molar-refractivity contribution >= 4 is 11.8 Å². The number of hydrogen-bond donors (Lipinski definition) is 1. The zero-order chi connectivity index (χ0) is 13.9. The number of nitrogens with zero attached hydrogens (tertiary/aromatic N) is 2. The summed E-state index contributed by atoms with van der Waals surface area (Å²) in [4.78, 5) is 24.9. The molecule has 1 rings (SSSR count). The third kappa shape index (κ3) is 2.88. The largest absolute Gasteiger partial charge is 0.360 e. The van der Waals surface area contributed by atoms with Crippen molar-refractivity contribution in [2.75, 3.05) is 20.6 Å². The fourth-order valence-corrected chi connectivity index (χ4v) is 1.60. The van der Waals surface area contributed by atoms with Crippen molar-refractivity contribution in [3.63, 3.8) is 0 Å². The first-order chi connectivity index (χ1) is 8.38. The van der Waals surface area contributed by atoms with Crippen LogP contribution in [0.4, 0.5) is 0 Å². The molecular formula is C12H19N3O3. The van der Waals surface area contributed by atoms with Crippen LogP contribution in [0, 0.1) is 6.92 Å². The molecule has 1 N–H and O–H groups in total. The van der Waals surface area contributed by atoms with E-state index in [-0.39, 0.29) is 24.3 Å². The van der Waals surface area contributed by atoms with E-state index in [1.807, 2.05) is 13.8 Å². The summed E-state index contributed by atoms with van der Waals surface area (Å²) in [5.74, 6) is 0.159. The summed E-state index contributed by atoms with van der Waals surface area (Å²) < 4.78 is 5.16. The van der Waals surface area contributed by atoms with Gasteiger partial charge in [-0.15, -0.1) is 0 Å². The normalized spacial score (nSPS) is 10.6. The van der Waals surface area contributed by atoms with Crippen molar-refractivity contribution < 1.29 is 14.1 Å². The monoisotopic (exact) mass is 253 g/mol. The molecule has 1 aromatic rings. The minimum absolute atomic E-state index is 0.0114. The van der Waals surface area contributed by atoms with Crippen molar-refractivity contribution in [3.8, 4) is 0 Å². The van der Waals surface area contributed by atoms with Crippen molar-refractivity contribution in [1.29, 1.82) is 0 Å². The van der Waals surface area contributed by atoms with Crippen LogP contribution in [-0.4, -0.2) is 42.5 Å². The number of nitrogens with one attached hydrogen (secondary N) is 1. The first-order valence-electron chi connectivity index (χ1n) is 5.80. The highest BCUT2D eigenvalue weighted by Crippen LogP contribution is 2.23. The minimum Gasteiger partial charge on any atom is -0.360 e. The molecule has 100 valence electrons. The van der Waals surface area contributed by atoms with Crippen LogP contribution < -0.4 is 5.32 Å². The lowest BCUT2D eigenvalue weighted by Gasteiger charge is -2.16. The van der Waals surface area contributed by atoms with Gasteiger partial charge in [0.2, 0.25) is 5.91 Å². The van der Waals surface area contributed by atoms with Crippen LogP contribution in [0.25, 0.3) is 0 Å². The second-order valence-electron chi connectivity index (χ2n) is 4.50. The Bertz CT molecular complexity index is 451. The van der Waals surface area contributed by atoms with Gasteiger partial charge in [-0.3, -0.25) is 9.59 Å². The number of rotatable bonds is 4. The molecule has 0 saturated carbocycles. The molecule has 0 aliphatic heterocycles. The summed E-state index contributed by atoms with van der Waals surface area (Å²) in [5, 5.41) is 6.29. The number of likely N-dealkylation sites (N-methyl/N-ethyl adjacent to an activating group) is 2. The number of aromatic nitrogens is 1. The maximum atomic E-state index is 12.2. The Kier molecular flexibility index (Phi) is 4.47. The van der Waals surface area contributed by atoms with Crippen LogP contribution in [0.5, 0.6) is 0 Å². The predicted molar refractivity (Wildman–Crippen MR) is 66.4 cm³/mol. The highest BCUT2D eigenvalue weighted by molar-refractivity contribution is 5.98. The molecule has 1 aromatic heterocycles. The van der Waals surface area contributed by atoms with Gasteiger partial charge in [-0.05, 0) is 6.92 Å². The number of carbonyl (C=O) groups is 2. The van der Waals surface area contributed by atoms with E-state index in [9.17, 15) is 9.59 Å². The summed E-state index contributed by atoms with van der Waals surface area (Å²) in [5.41, 5.74) is 1.00. The van der Waals surface area contributed by atoms with Crippen molar-refractivity contribution in [3.05, 3.63) is 17.0 Å². The Morgan fingerprint density at radius 1 is 1.44 bits per heavy atom. The van der Waals surface area contributed by atoms with Crippen LogP contribution in [0.1, 0.15) is 41.6 Å². The van der Waals surface area contributed by atoms with Crippen LogP contribution in [-0.2, 0) is 4.79 Å². The van der Waals surface area contributed by atoms with Gasteiger partial charge in [-0.25, -0.2) is 0 Å². The Balaban J connectivity index is 2.96. The molecule has 18 heavy (non-hydrogen) atoms. The van der Waals surface area contributed by atoms with Crippen molar-refractivity contribution in [1.82, 2.24) is 15.4 Å². The van der Waals surface area contributed by atoms with Crippen molar-refractivity contribution in [2.45, 2.75) is 26.7 Å². The molecule has 6 heteroatoms. The zero-order valence-corrected chi connectivity index (χ0v) is 11.4. The molecule has 1 heterocycles. The topological polar surface area (TPSA) is 75.4 Å². The summed E-state index contributed by atoms with van der Waals surface area (Å²) in [6.45, 7) is 5.58. The highest BCUT2D eigenvalue weighted by Gasteiger charge is 2.25. The van der Waals surface area contributed by atoms with Crippen LogP contribution in [0.2, 0.25) is 0 Å². The van der Waals surface area contributed by atoms with Gasteiger partial charge >= 0.3 is 0 Å². The Hall–Kier alpha value is -1.85. The molecule has 0 unspecified atom stereocenters. The maximum Gasteiger partial charge on any atom is 0.259 e. The smallest absolute Gasteiger partial charge is 0.259 e. The second-order valence-corrected chi connectivity index (χ2v) is 4.50. The first kappa shape index (κ1) is 14.2. The number of aryl methyl sites for hydroxylation is 1. The molecule has 0 aliphatic carbocycles. The van der Waals surface area contributed by atoms with Crippen LogP contribution >= 0.6 is 0 Å². The van der Waals surface area contributed by atoms with E-state index >= 15 is 0 Å². The fourth-order valence-electron chi connectivity index (χ4n) is 1.60. The molecule has 0 fully saturated rings. The van der Waals surface area contributed by atoms with E-state index in [2.05, 4.69) is 10.5 Å². The lowest BCUT2D eigenvalue weighted by molar-refractivity contribution is -0.121. The van der Waals surface area contributed by atoms with E-state index in [1.165, 1.54) is 11.9 Å². The summed E-state index contributed by atoms with van der Waals surface area (Å²) >= 11 is 0. The number of hydrogen-bond acceptors (Lipinski definition) is 4. The maximum absolute atomic E-state index is 12.2. The van der Waals surface area contributed by atoms with Gasteiger partial charge in [0.05, 0.1) is 12.2 Å². The van der Waals surface area contributed by atoms with Gasteiger partial charge in [-0.2, -0.15) is 0 Å². The van der Waals surface area contributed by atoms with Gasteiger partial charge in [0.1, 0.15) is 5.56 Å². The summed E-state index contributed by atoms with van der Waals surface area (Å²) in [7, 11) is 3.11. The van der Waals surface area contributed by atoms with E-state index in [4.69, 9.17) is 4.52 Å². The average molecular weight is 253 g/mol. The molecule has 2 amide bonds. The molecule has 0 bridgehead atoms. The number of amides is 2. The molecular weight excluding hydrogens is 234 g/mol. The standard InChI is InChI=1S/C12H19N3O3/c1-7(2)11-10(8(3)14-18-11)12(17)15(5)6-9(16)13-4/h7H,6H2,1-5H3,(H,13,16). The van der Waals surface area contributed by atoms with Gasteiger partial charge in [-0.1, -0.05) is 19.0 Å². The third-order valence-corrected chi connectivity index (χ3v) is 2.63. The van der Waals surface area contributed by atoms with E-state index in [0.717, 1.165) is 0 Å². The number of carbonyl (C=O) groups excluding carboxylic acids is 2. The molecule has 0 saturated heterocycles. The minimum atomic E-state index is -0.249. The lowest BCUT2D eigenvalue weighted by atomic mass is 10.0. The molecule has 0 radical (unpaired) electrons. The molecule has 0 aliphatic rings. The SMILES string of the molecule is CNC(=O)CN(C)C(=O)c1c(C)noc1C(C)C. The van der Waals surface area contributed by atoms with E-state index in [0.29, 0.717) is 17.0 Å². The van der Waals surface area contributed by atoms with Crippen LogP contribution in [0.3, 0.4) is 0 Å². The van der Waals surface area contributed by atoms with Gasteiger partial charge in [0, 0.05) is 20.0 Å². The zero-order valence-electron chi connectivity index (χ0n) is 11.4. The summed E-state index contributed by atoms with van der Waals surface area (Å²) in [6, 6.07) is 0. The van der Waals surface area contributed by atoms with Crippen molar-refractivity contribution in [2.24, 2.45) is 0 Å². The molecule has 0 spiro atoms. The molecule has 6 nitrogen and oxygen atoms in total. The van der Waals surface area contributed by atoms with Gasteiger partial charge in [0.25, 0.3) is 5.91 Å². The average Bonchev–Trinajstić information content (AvgIpc) is 2.69. The lowest BCUT2D eigenvalue weighted by Crippen LogP contribution is -2.37. The molecule has 0 aromatic carbocycles. The first-order valence-corrected chi connectivity index (χ1v) is 5.80.